The largest absolute Gasteiger partial charge is 0.435 e. The summed E-state index contributed by atoms with van der Waals surface area (Å²) in [5, 5.41) is 16.8. The van der Waals surface area contributed by atoms with E-state index in [0.717, 1.165) is 6.20 Å². The molecule has 0 atom stereocenters. The van der Waals surface area contributed by atoms with Crippen LogP contribution in [-0.4, -0.2) is 80.1 Å². The molecule has 1 amide bonds. The van der Waals surface area contributed by atoms with E-state index in [9.17, 15) is 22.8 Å². The van der Waals surface area contributed by atoms with Gasteiger partial charge in [0.2, 0.25) is 11.9 Å². The van der Waals surface area contributed by atoms with Crippen LogP contribution in [0.1, 0.15) is 20.4 Å². The number of carbonyl (C=O) groups is 1. The van der Waals surface area contributed by atoms with Crippen molar-refractivity contribution in [3.63, 3.8) is 0 Å². The number of halogens is 3. The van der Waals surface area contributed by atoms with Crippen LogP contribution in [0.15, 0.2) is 23.4 Å². The molecule has 0 unspecified atom stereocenters. The molecule has 1 fully saturated rings. The van der Waals surface area contributed by atoms with Crippen LogP contribution in [0.25, 0.3) is 10.9 Å². The Labute approximate surface area is 198 Å². The van der Waals surface area contributed by atoms with Crippen molar-refractivity contribution in [2.75, 3.05) is 44.2 Å². The van der Waals surface area contributed by atoms with E-state index in [1.807, 2.05) is 16.1 Å². The van der Waals surface area contributed by atoms with Crippen molar-refractivity contribution in [2.45, 2.75) is 19.1 Å². The minimum absolute atomic E-state index is 0.151. The summed E-state index contributed by atoms with van der Waals surface area (Å²) in [5.41, 5.74) is -2.52. The van der Waals surface area contributed by atoms with Crippen molar-refractivity contribution in [2.24, 2.45) is 0 Å². The highest BCUT2D eigenvalue weighted by atomic mass is 19.4. The van der Waals surface area contributed by atoms with Crippen LogP contribution in [0, 0.1) is 11.3 Å². The number of aromatic nitrogens is 6. The lowest BCUT2D eigenvalue weighted by molar-refractivity contribution is -0.140. The first-order valence-corrected chi connectivity index (χ1v) is 10.4. The topological polar surface area (TPSA) is 146 Å². The van der Waals surface area contributed by atoms with Crippen molar-refractivity contribution in [3.8, 4) is 6.07 Å². The van der Waals surface area contributed by atoms with Crippen molar-refractivity contribution in [1.29, 1.82) is 5.26 Å². The summed E-state index contributed by atoms with van der Waals surface area (Å²) in [5.74, 6) is 0.162. The molecule has 0 spiro atoms. The summed E-state index contributed by atoms with van der Waals surface area (Å²) in [6, 6.07) is 1.94. The van der Waals surface area contributed by atoms with Gasteiger partial charge >= 0.3 is 6.18 Å². The van der Waals surface area contributed by atoms with Gasteiger partial charge in [0.15, 0.2) is 5.69 Å². The zero-order valence-corrected chi connectivity index (χ0v) is 18.1. The predicted molar refractivity (Wildman–Crippen MR) is 114 cm³/mol. The third kappa shape index (κ3) is 5.38. The minimum atomic E-state index is -4.94. The van der Waals surface area contributed by atoms with E-state index in [4.69, 9.17) is 12.7 Å². The maximum absolute atomic E-state index is 13.3. The number of amides is 1. The monoisotopic (exact) mass is 493 g/mol. The molecule has 4 heterocycles. The number of anilines is 1. The molecule has 0 radical (unpaired) electrons. The third-order valence-corrected chi connectivity index (χ3v) is 5.26. The van der Waals surface area contributed by atoms with Gasteiger partial charge < -0.3 is 14.5 Å². The Kier molecular flexibility index (Phi) is 6.17. The van der Waals surface area contributed by atoms with Gasteiger partial charge in [0, 0.05) is 26.2 Å². The van der Waals surface area contributed by atoms with Crippen LogP contribution >= 0.6 is 0 Å². The average Bonchev–Trinajstić information content (AvgIpc) is 3.23. The zero-order chi connectivity index (χ0) is 26.8. The Hall–Kier alpha value is -4.06. The molecule has 4 rings (SSSR count). The van der Waals surface area contributed by atoms with E-state index < -0.39 is 35.9 Å². The number of rotatable bonds is 7. The molecule has 35 heavy (non-hydrogen) atoms. The first-order valence-electron chi connectivity index (χ1n) is 11.4. The molecular formula is C20H20F3N9O3. The summed E-state index contributed by atoms with van der Waals surface area (Å²) in [4.78, 5) is 36.1. The van der Waals surface area contributed by atoms with E-state index in [0.29, 0.717) is 42.4 Å². The van der Waals surface area contributed by atoms with Gasteiger partial charge in [-0.3, -0.25) is 14.3 Å². The molecule has 1 aliphatic rings. The first-order chi connectivity index (χ1) is 17.5. The fourth-order valence-corrected chi connectivity index (χ4v) is 3.53. The summed E-state index contributed by atoms with van der Waals surface area (Å²) in [7, 11) is 0. The highest BCUT2D eigenvalue weighted by Gasteiger charge is 2.38. The van der Waals surface area contributed by atoms with E-state index in [-0.39, 0.29) is 24.5 Å². The van der Waals surface area contributed by atoms with Gasteiger partial charge in [-0.1, -0.05) is 0 Å². The van der Waals surface area contributed by atoms with Gasteiger partial charge in [-0.2, -0.15) is 28.6 Å². The van der Waals surface area contributed by atoms with Gasteiger partial charge in [0.25, 0.3) is 5.56 Å². The summed E-state index contributed by atoms with van der Waals surface area (Å²) < 4.78 is 61.9. The molecule has 12 nitrogen and oxygen atoms in total. The SMILES string of the molecule is [2H]C([2H])(Cn1nc(C(F)(F)F)c2c(=O)[nH]ncc21)OCCC(=O)N1CCN(c2ncc(C#N)cn2)CC1. The molecule has 1 aliphatic heterocycles. The molecule has 1 N–H and O–H groups in total. The van der Waals surface area contributed by atoms with E-state index in [1.165, 1.54) is 12.4 Å². The van der Waals surface area contributed by atoms with Crippen molar-refractivity contribution in [3.05, 3.63) is 40.2 Å². The molecule has 0 saturated carbocycles. The number of H-pyrrole nitrogens is 1. The van der Waals surface area contributed by atoms with Crippen LogP contribution in [0.2, 0.25) is 0 Å². The number of nitriles is 1. The Bertz CT molecular complexity index is 1380. The zero-order valence-electron chi connectivity index (χ0n) is 20.1. The highest BCUT2D eigenvalue weighted by molar-refractivity contribution is 5.80. The van der Waals surface area contributed by atoms with Crippen LogP contribution in [0.5, 0.6) is 0 Å². The summed E-state index contributed by atoms with van der Waals surface area (Å²) >= 11 is 0. The molecule has 15 heteroatoms. The minimum Gasteiger partial charge on any atom is -0.379 e. The van der Waals surface area contributed by atoms with Crippen LogP contribution in [-0.2, 0) is 22.3 Å². The number of carbonyl (C=O) groups excluding carboxylic acids is 1. The number of nitrogens with one attached hydrogen (secondary N) is 1. The van der Waals surface area contributed by atoms with Crippen molar-refractivity contribution < 1.29 is 25.4 Å². The fraction of sp³-hybridized carbons (Fsp3) is 0.450. The second-order valence-corrected chi connectivity index (χ2v) is 7.46. The molecule has 3 aromatic rings. The van der Waals surface area contributed by atoms with Crippen LogP contribution < -0.4 is 10.5 Å². The average molecular weight is 493 g/mol. The summed E-state index contributed by atoms with van der Waals surface area (Å²) in [6.07, 6.45) is -1.32. The molecule has 1 saturated heterocycles. The number of nitrogens with zero attached hydrogens (tertiary/aromatic N) is 8. The number of ether oxygens (including phenoxy) is 1. The van der Waals surface area contributed by atoms with Gasteiger partial charge in [-0.05, 0) is 0 Å². The lowest BCUT2D eigenvalue weighted by Gasteiger charge is -2.34. The van der Waals surface area contributed by atoms with Crippen LogP contribution in [0.4, 0.5) is 19.1 Å². The predicted octanol–water partition coefficient (Wildman–Crippen LogP) is 0.556. The van der Waals surface area contributed by atoms with Gasteiger partial charge in [-0.15, -0.1) is 0 Å². The second kappa shape index (κ2) is 10.1. The standard InChI is InChI=1S/C20H20F3N9O3/c21-20(22,23)17-16-14(12-27-28-18(16)34)32(29-17)6-8-35-7-1-15(33)30-2-4-31(5-3-30)19-25-10-13(9-24)11-26-19/h10-12H,1-8H2,(H,28,34)/i8D2. The Morgan fingerprint density at radius 2 is 1.94 bits per heavy atom. The molecule has 0 aromatic carbocycles. The molecule has 3 aromatic heterocycles. The van der Waals surface area contributed by atoms with E-state index in [2.05, 4.69) is 20.2 Å². The summed E-state index contributed by atoms with van der Waals surface area (Å²) in [6.45, 7) is -1.92. The number of alkyl halides is 3. The Morgan fingerprint density at radius 3 is 2.60 bits per heavy atom. The first kappa shape index (κ1) is 21.5. The number of fused-ring (bicyclic) bond motifs is 1. The van der Waals surface area contributed by atoms with E-state index in [1.54, 1.807) is 4.90 Å². The highest BCUT2D eigenvalue weighted by Crippen LogP contribution is 2.32. The second-order valence-electron chi connectivity index (χ2n) is 7.46. The van der Waals surface area contributed by atoms with Crippen LogP contribution in [0.3, 0.4) is 0 Å². The van der Waals surface area contributed by atoms with Gasteiger partial charge in [-0.25, -0.2) is 15.1 Å². The smallest absolute Gasteiger partial charge is 0.379 e. The molecule has 184 valence electrons. The fourth-order valence-electron chi connectivity index (χ4n) is 3.53. The maximum Gasteiger partial charge on any atom is 0.435 e. The lowest BCUT2D eigenvalue weighted by atomic mass is 10.2. The molecule has 0 bridgehead atoms. The normalized spacial score (nSPS) is 15.6. The number of aromatic amines is 1. The molecular weight excluding hydrogens is 471 g/mol. The number of hydrogen-bond acceptors (Lipinski definition) is 9. The number of piperazine rings is 1. The molecule has 0 aliphatic carbocycles. The quantitative estimate of drug-likeness (QED) is 0.499. The number of hydrogen-bond donors (Lipinski definition) is 1. The van der Waals surface area contributed by atoms with E-state index >= 15 is 0 Å². The third-order valence-electron chi connectivity index (χ3n) is 5.26. The van der Waals surface area contributed by atoms with Gasteiger partial charge in [0.05, 0.1) is 58.5 Å². The number of aryl methyl sites for hydroxylation is 1. The lowest BCUT2D eigenvalue weighted by Crippen LogP contribution is -2.49. The Balaban J connectivity index is 1.31. The Morgan fingerprint density at radius 1 is 1.23 bits per heavy atom. The van der Waals surface area contributed by atoms with Crippen molar-refractivity contribution >= 4 is 22.8 Å². The van der Waals surface area contributed by atoms with Gasteiger partial charge in [0.1, 0.15) is 11.5 Å². The van der Waals surface area contributed by atoms with Crippen molar-refractivity contribution in [1.82, 2.24) is 34.8 Å². The maximum atomic E-state index is 13.3.